The van der Waals surface area contributed by atoms with Gasteiger partial charge in [-0.05, 0) is 55.7 Å². The Morgan fingerprint density at radius 2 is 1.96 bits per heavy atom. The van der Waals surface area contributed by atoms with Crippen LogP contribution in [0.4, 0.5) is 0 Å². The first-order valence-corrected chi connectivity index (χ1v) is 9.18. The molecular weight excluding hydrogens is 314 g/mol. The quantitative estimate of drug-likeness (QED) is 0.843. The van der Waals surface area contributed by atoms with E-state index in [9.17, 15) is 4.79 Å². The SMILES string of the molecule is Cc1ccc(OC2CCN(C(=O)[C@H]3C[C@H]3c3ccco3)CC2)cc1C. The predicted molar refractivity (Wildman–Crippen MR) is 95.7 cm³/mol. The highest BCUT2D eigenvalue weighted by Crippen LogP contribution is 2.48. The Morgan fingerprint density at radius 3 is 2.64 bits per heavy atom. The molecule has 2 fully saturated rings. The van der Waals surface area contributed by atoms with Crippen molar-refractivity contribution in [3.05, 3.63) is 53.5 Å². The summed E-state index contributed by atoms with van der Waals surface area (Å²) in [5.41, 5.74) is 2.53. The van der Waals surface area contributed by atoms with Gasteiger partial charge in [0.15, 0.2) is 0 Å². The van der Waals surface area contributed by atoms with E-state index in [2.05, 4.69) is 26.0 Å². The molecule has 1 aromatic heterocycles. The highest BCUT2D eigenvalue weighted by molar-refractivity contribution is 5.83. The zero-order valence-corrected chi connectivity index (χ0v) is 14.9. The van der Waals surface area contributed by atoms with Gasteiger partial charge < -0.3 is 14.1 Å². The van der Waals surface area contributed by atoms with Crippen molar-refractivity contribution in [3.8, 4) is 5.75 Å². The summed E-state index contributed by atoms with van der Waals surface area (Å²) in [7, 11) is 0. The Kier molecular flexibility index (Phi) is 4.28. The zero-order valence-electron chi connectivity index (χ0n) is 14.9. The van der Waals surface area contributed by atoms with Gasteiger partial charge in [0.2, 0.25) is 5.91 Å². The summed E-state index contributed by atoms with van der Waals surface area (Å²) < 4.78 is 11.6. The molecule has 2 heterocycles. The van der Waals surface area contributed by atoms with E-state index in [0.717, 1.165) is 43.9 Å². The molecule has 132 valence electrons. The van der Waals surface area contributed by atoms with Gasteiger partial charge in [-0.3, -0.25) is 4.79 Å². The molecule has 1 aromatic carbocycles. The number of benzene rings is 1. The van der Waals surface area contributed by atoms with Crippen molar-refractivity contribution in [1.82, 2.24) is 4.90 Å². The van der Waals surface area contributed by atoms with Crippen molar-refractivity contribution in [2.75, 3.05) is 13.1 Å². The smallest absolute Gasteiger partial charge is 0.226 e. The van der Waals surface area contributed by atoms with Gasteiger partial charge in [-0.25, -0.2) is 0 Å². The number of furan rings is 1. The molecule has 4 rings (SSSR count). The number of carbonyl (C=O) groups is 1. The average Bonchev–Trinajstić information content (AvgIpc) is 3.23. The number of ether oxygens (including phenoxy) is 1. The van der Waals surface area contributed by atoms with Gasteiger partial charge in [0.05, 0.1) is 6.26 Å². The number of hydrogen-bond acceptors (Lipinski definition) is 3. The van der Waals surface area contributed by atoms with Gasteiger partial charge in [-0.15, -0.1) is 0 Å². The molecule has 4 heteroatoms. The maximum atomic E-state index is 12.7. The summed E-state index contributed by atoms with van der Waals surface area (Å²) >= 11 is 0. The topological polar surface area (TPSA) is 42.7 Å². The second kappa shape index (κ2) is 6.58. The molecule has 0 unspecified atom stereocenters. The van der Waals surface area contributed by atoms with Crippen molar-refractivity contribution in [1.29, 1.82) is 0 Å². The van der Waals surface area contributed by atoms with Gasteiger partial charge in [-0.2, -0.15) is 0 Å². The zero-order chi connectivity index (χ0) is 17.4. The minimum Gasteiger partial charge on any atom is -0.490 e. The van der Waals surface area contributed by atoms with Gasteiger partial charge in [0.1, 0.15) is 17.6 Å². The van der Waals surface area contributed by atoms with Crippen molar-refractivity contribution in [2.45, 2.75) is 45.1 Å². The number of rotatable bonds is 4. The number of aryl methyl sites for hydroxylation is 2. The molecule has 1 aliphatic heterocycles. The molecule has 2 aromatic rings. The fourth-order valence-electron chi connectivity index (χ4n) is 3.69. The Bertz CT molecular complexity index is 745. The lowest BCUT2D eigenvalue weighted by molar-refractivity contribution is -0.134. The van der Waals surface area contributed by atoms with Gasteiger partial charge in [-0.1, -0.05) is 6.07 Å². The molecule has 4 nitrogen and oxygen atoms in total. The van der Waals surface area contributed by atoms with Crippen molar-refractivity contribution in [2.24, 2.45) is 5.92 Å². The third kappa shape index (κ3) is 3.44. The van der Waals surface area contributed by atoms with Crippen LogP contribution in [0.25, 0.3) is 0 Å². The minimum absolute atomic E-state index is 0.114. The van der Waals surface area contributed by atoms with E-state index in [4.69, 9.17) is 9.15 Å². The van der Waals surface area contributed by atoms with Gasteiger partial charge >= 0.3 is 0 Å². The molecule has 25 heavy (non-hydrogen) atoms. The summed E-state index contributed by atoms with van der Waals surface area (Å²) in [5.74, 6) is 2.57. The highest BCUT2D eigenvalue weighted by Gasteiger charge is 2.47. The molecular formula is C21H25NO3. The summed E-state index contributed by atoms with van der Waals surface area (Å²) in [4.78, 5) is 14.7. The van der Waals surface area contributed by atoms with Crippen LogP contribution in [0.1, 0.15) is 42.1 Å². The molecule has 2 aliphatic rings. The molecule has 0 N–H and O–H groups in total. The standard InChI is InChI=1S/C21H25NO3/c1-14-5-6-17(12-15(14)2)25-16-7-9-22(10-8-16)21(23)19-13-18(19)20-4-3-11-24-20/h3-6,11-12,16,18-19H,7-10,13H2,1-2H3/t18-,19+/m1/s1. The van der Waals surface area contributed by atoms with E-state index in [1.54, 1.807) is 6.26 Å². The van der Waals surface area contributed by atoms with E-state index < -0.39 is 0 Å². The van der Waals surface area contributed by atoms with Crippen molar-refractivity contribution < 1.29 is 13.9 Å². The number of hydrogen-bond donors (Lipinski definition) is 0. The largest absolute Gasteiger partial charge is 0.490 e. The second-order valence-electron chi connectivity index (χ2n) is 7.35. The van der Waals surface area contributed by atoms with Crippen LogP contribution in [0.15, 0.2) is 41.0 Å². The number of carbonyl (C=O) groups excluding carboxylic acids is 1. The normalized spacial score (nSPS) is 23.5. The maximum absolute atomic E-state index is 12.7. The van der Waals surface area contributed by atoms with Crippen LogP contribution in [0.3, 0.4) is 0 Å². The Labute approximate surface area is 148 Å². The van der Waals surface area contributed by atoms with Crippen LogP contribution in [0.2, 0.25) is 0 Å². The summed E-state index contributed by atoms with van der Waals surface area (Å²) in [6.07, 6.45) is 4.61. The number of piperidine rings is 1. The van der Waals surface area contributed by atoms with Crippen LogP contribution in [-0.2, 0) is 4.79 Å². The minimum atomic E-state index is 0.114. The molecule has 1 saturated carbocycles. The van der Waals surface area contributed by atoms with E-state index >= 15 is 0 Å². The van der Waals surface area contributed by atoms with E-state index in [0.29, 0.717) is 0 Å². The molecule has 1 amide bonds. The molecule has 1 aliphatic carbocycles. The van der Waals surface area contributed by atoms with Crippen LogP contribution >= 0.6 is 0 Å². The molecule has 0 radical (unpaired) electrons. The monoisotopic (exact) mass is 339 g/mol. The molecule has 1 saturated heterocycles. The predicted octanol–water partition coefficient (Wildman–Crippen LogP) is 4.07. The van der Waals surface area contributed by atoms with E-state index in [-0.39, 0.29) is 23.8 Å². The Balaban J connectivity index is 1.28. The fourth-order valence-corrected chi connectivity index (χ4v) is 3.69. The van der Waals surface area contributed by atoms with Gasteiger partial charge in [0.25, 0.3) is 0 Å². The summed E-state index contributed by atoms with van der Waals surface area (Å²) in [5, 5.41) is 0. The van der Waals surface area contributed by atoms with Crippen molar-refractivity contribution in [3.63, 3.8) is 0 Å². The summed E-state index contributed by atoms with van der Waals surface area (Å²) in [6, 6.07) is 10.1. The number of likely N-dealkylation sites (tertiary alicyclic amines) is 1. The highest BCUT2D eigenvalue weighted by atomic mass is 16.5. The average molecular weight is 339 g/mol. The van der Waals surface area contributed by atoms with E-state index in [1.807, 2.05) is 23.1 Å². The third-order valence-corrected chi connectivity index (χ3v) is 5.55. The molecule has 0 spiro atoms. The second-order valence-corrected chi connectivity index (χ2v) is 7.35. The first kappa shape index (κ1) is 16.2. The van der Waals surface area contributed by atoms with E-state index in [1.165, 1.54) is 11.1 Å². The van der Waals surface area contributed by atoms with Gasteiger partial charge in [0, 0.05) is 37.8 Å². The van der Waals surface area contributed by atoms with Crippen molar-refractivity contribution >= 4 is 5.91 Å². The Morgan fingerprint density at radius 1 is 1.16 bits per heavy atom. The maximum Gasteiger partial charge on any atom is 0.226 e. The lowest BCUT2D eigenvalue weighted by Gasteiger charge is -2.32. The van der Waals surface area contributed by atoms with Crippen LogP contribution < -0.4 is 4.74 Å². The number of nitrogens with zero attached hydrogens (tertiary/aromatic N) is 1. The fraction of sp³-hybridized carbons (Fsp3) is 0.476. The first-order valence-electron chi connectivity index (χ1n) is 9.18. The molecule has 2 atom stereocenters. The van der Waals surface area contributed by atoms with Crippen LogP contribution in [-0.4, -0.2) is 30.0 Å². The molecule has 0 bridgehead atoms. The van der Waals surface area contributed by atoms with Crippen LogP contribution in [0.5, 0.6) is 5.75 Å². The first-order chi connectivity index (χ1) is 12.1. The Hall–Kier alpha value is -2.23. The number of amides is 1. The summed E-state index contributed by atoms with van der Waals surface area (Å²) in [6.45, 7) is 5.79. The third-order valence-electron chi connectivity index (χ3n) is 5.55. The lowest BCUT2D eigenvalue weighted by atomic mass is 10.1. The lowest BCUT2D eigenvalue weighted by Crippen LogP contribution is -2.42. The van der Waals surface area contributed by atoms with Crippen LogP contribution in [0, 0.1) is 19.8 Å².